The van der Waals surface area contributed by atoms with Crippen LogP contribution in [0.15, 0.2) is 83.9 Å². The summed E-state index contributed by atoms with van der Waals surface area (Å²) < 4.78 is 26.5. The van der Waals surface area contributed by atoms with Gasteiger partial charge in [0, 0.05) is 21.8 Å². The van der Waals surface area contributed by atoms with Crippen molar-refractivity contribution in [3.8, 4) is 22.6 Å². The van der Waals surface area contributed by atoms with Crippen LogP contribution in [0.3, 0.4) is 0 Å². The topological polar surface area (TPSA) is 91.9 Å². The van der Waals surface area contributed by atoms with Gasteiger partial charge < -0.3 is 10.3 Å². The molecule has 3 aromatic carbocycles. The van der Waals surface area contributed by atoms with Crippen molar-refractivity contribution < 1.29 is 13.2 Å². The molecular formula is C24H20ClN3O3S. The first-order chi connectivity index (χ1) is 15.3. The zero-order valence-electron chi connectivity index (χ0n) is 17.2. The zero-order chi connectivity index (χ0) is 22.7. The molecule has 0 aliphatic rings. The number of H-pyrrole nitrogens is 1. The molecule has 2 N–H and O–H groups in total. The highest BCUT2D eigenvalue weighted by Crippen LogP contribution is 2.30. The van der Waals surface area contributed by atoms with E-state index in [2.05, 4.69) is 15.3 Å². The molecule has 0 fully saturated rings. The predicted octanol–water partition coefficient (Wildman–Crippen LogP) is 5.12. The molecule has 0 saturated carbocycles. The van der Waals surface area contributed by atoms with Gasteiger partial charge in [0.2, 0.25) is 15.7 Å². The molecule has 0 atom stereocenters. The van der Waals surface area contributed by atoms with E-state index in [1.807, 2.05) is 25.1 Å². The maximum absolute atomic E-state index is 13.2. The fourth-order valence-electron chi connectivity index (χ4n) is 3.20. The fraction of sp³-hybridized carbons (Fsp3) is 0.0833. The number of nitrogens with zero attached hydrogens (tertiary/aromatic N) is 1. The van der Waals surface area contributed by atoms with E-state index >= 15 is 0 Å². The third kappa shape index (κ3) is 4.90. The summed E-state index contributed by atoms with van der Waals surface area (Å²) in [7, 11) is -4.02. The normalized spacial score (nSPS) is 11.3. The van der Waals surface area contributed by atoms with Crippen molar-refractivity contribution in [1.29, 1.82) is 0 Å². The van der Waals surface area contributed by atoms with Gasteiger partial charge in [-0.3, -0.25) is 4.79 Å². The van der Waals surface area contributed by atoms with E-state index in [0.717, 1.165) is 5.56 Å². The highest BCUT2D eigenvalue weighted by atomic mass is 35.5. The van der Waals surface area contributed by atoms with E-state index in [1.54, 1.807) is 60.7 Å². The Morgan fingerprint density at radius 1 is 0.938 bits per heavy atom. The van der Waals surface area contributed by atoms with Crippen LogP contribution in [0.5, 0.6) is 0 Å². The van der Waals surface area contributed by atoms with Crippen LogP contribution >= 0.6 is 11.6 Å². The highest BCUT2D eigenvalue weighted by Gasteiger charge is 2.27. The summed E-state index contributed by atoms with van der Waals surface area (Å²) in [6.45, 7) is 1.93. The maximum atomic E-state index is 13.2. The van der Waals surface area contributed by atoms with Crippen molar-refractivity contribution in [3.63, 3.8) is 0 Å². The second kappa shape index (κ2) is 8.98. The van der Waals surface area contributed by atoms with Crippen molar-refractivity contribution in [2.24, 2.45) is 0 Å². The average molecular weight is 466 g/mol. The number of nitrogens with one attached hydrogen (secondary N) is 2. The molecule has 32 heavy (non-hydrogen) atoms. The molecule has 4 rings (SSSR count). The van der Waals surface area contributed by atoms with Crippen LogP contribution < -0.4 is 5.32 Å². The Labute approximate surface area is 191 Å². The third-order valence-electron chi connectivity index (χ3n) is 4.80. The van der Waals surface area contributed by atoms with Gasteiger partial charge in [0.15, 0.2) is 5.03 Å². The van der Waals surface area contributed by atoms with E-state index in [0.29, 0.717) is 27.7 Å². The van der Waals surface area contributed by atoms with Gasteiger partial charge in [0.05, 0.1) is 0 Å². The molecule has 1 amide bonds. The summed E-state index contributed by atoms with van der Waals surface area (Å²) in [5.41, 5.74) is 3.14. The van der Waals surface area contributed by atoms with Crippen molar-refractivity contribution in [2.45, 2.75) is 11.9 Å². The van der Waals surface area contributed by atoms with E-state index in [1.165, 1.54) is 0 Å². The summed E-state index contributed by atoms with van der Waals surface area (Å²) in [6, 6.07) is 23.0. The van der Waals surface area contributed by atoms with Crippen LogP contribution in [-0.4, -0.2) is 30.0 Å². The SMILES string of the molecule is Cc1ccc(NC(=O)CS(=O)(=O)c2[nH]c(-c3ccc(Cl)cc3)nc2-c2ccccc2)cc1. The van der Waals surface area contributed by atoms with Crippen molar-refractivity contribution in [2.75, 3.05) is 11.1 Å². The van der Waals surface area contributed by atoms with Gasteiger partial charge in [-0.25, -0.2) is 13.4 Å². The molecule has 0 saturated heterocycles. The number of hydrogen-bond acceptors (Lipinski definition) is 4. The summed E-state index contributed by atoms with van der Waals surface area (Å²) >= 11 is 5.97. The maximum Gasteiger partial charge on any atom is 0.240 e. The zero-order valence-corrected chi connectivity index (χ0v) is 18.7. The fourth-order valence-corrected chi connectivity index (χ4v) is 4.60. The molecule has 1 heterocycles. The Hall–Kier alpha value is -3.42. The number of aromatic nitrogens is 2. The lowest BCUT2D eigenvalue weighted by atomic mass is 10.2. The molecule has 6 nitrogen and oxygen atoms in total. The molecule has 0 bridgehead atoms. The van der Waals surface area contributed by atoms with Gasteiger partial charge in [0.25, 0.3) is 0 Å². The number of anilines is 1. The van der Waals surface area contributed by atoms with Gasteiger partial charge in [-0.2, -0.15) is 0 Å². The monoisotopic (exact) mass is 465 g/mol. The molecule has 0 radical (unpaired) electrons. The number of carbonyl (C=O) groups excluding carboxylic acids is 1. The number of carbonyl (C=O) groups is 1. The second-order valence-corrected chi connectivity index (χ2v) is 9.67. The first kappa shape index (κ1) is 21.8. The number of rotatable bonds is 6. The summed E-state index contributed by atoms with van der Waals surface area (Å²) in [4.78, 5) is 20.0. The van der Waals surface area contributed by atoms with Crippen LogP contribution in [0.2, 0.25) is 5.02 Å². The number of halogens is 1. The third-order valence-corrected chi connectivity index (χ3v) is 6.61. The standard InChI is InChI=1S/C24H20ClN3O3S/c1-16-7-13-20(14-8-16)26-21(29)15-32(30,31)24-22(17-5-3-2-4-6-17)27-23(28-24)18-9-11-19(25)12-10-18/h2-14H,15H2,1H3,(H,26,29)(H,27,28). The number of aromatic amines is 1. The minimum Gasteiger partial charge on any atom is -0.329 e. The average Bonchev–Trinajstić information content (AvgIpc) is 3.23. The summed E-state index contributed by atoms with van der Waals surface area (Å²) in [5, 5.41) is 3.09. The van der Waals surface area contributed by atoms with Gasteiger partial charge in [-0.15, -0.1) is 0 Å². The first-order valence-corrected chi connectivity index (χ1v) is 11.9. The Balaban J connectivity index is 1.69. The molecule has 162 valence electrons. The number of amides is 1. The molecule has 0 unspecified atom stereocenters. The number of hydrogen-bond donors (Lipinski definition) is 2. The Morgan fingerprint density at radius 2 is 1.59 bits per heavy atom. The van der Waals surface area contributed by atoms with E-state index in [9.17, 15) is 13.2 Å². The van der Waals surface area contributed by atoms with Crippen LogP contribution in [0.1, 0.15) is 5.56 Å². The van der Waals surface area contributed by atoms with E-state index < -0.39 is 21.5 Å². The Bertz CT molecular complexity index is 1350. The number of aryl methyl sites for hydroxylation is 1. The first-order valence-electron chi connectivity index (χ1n) is 9.82. The summed E-state index contributed by atoms with van der Waals surface area (Å²) in [6.07, 6.45) is 0. The van der Waals surface area contributed by atoms with E-state index in [4.69, 9.17) is 11.6 Å². The van der Waals surface area contributed by atoms with Crippen molar-refractivity contribution in [3.05, 3.63) is 89.4 Å². The van der Waals surface area contributed by atoms with Gasteiger partial charge >= 0.3 is 0 Å². The van der Waals surface area contributed by atoms with E-state index in [-0.39, 0.29) is 10.7 Å². The largest absolute Gasteiger partial charge is 0.329 e. The second-order valence-electron chi connectivity index (χ2n) is 7.31. The molecule has 0 spiro atoms. The quantitative estimate of drug-likeness (QED) is 0.413. The lowest BCUT2D eigenvalue weighted by Crippen LogP contribution is -2.23. The predicted molar refractivity (Wildman–Crippen MR) is 126 cm³/mol. The molecule has 4 aromatic rings. The van der Waals surface area contributed by atoms with Crippen molar-refractivity contribution >= 4 is 33.0 Å². The molecule has 1 aromatic heterocycles. The molecule has 8 heteroatoms. The Morgan fingerprint density at radius 3 is 2.25 bits per heavy atom. The van der Waals surface area contributed by atoms with Gasteiger partial charge in [0.1, 0.15) is 17.3 Å². The van der Waals surface area contributed by atoms with Gasteiger partial charge in [-0.1, -0.05) is 59.6 Å². The lowest BCUT2D eigenvalue weighted by Gasteiger charge is -2.07. The Kier molecular flexibility index (Phi) is 6.12. The van der Waals surface area contributed by atoms with Crippen LogP contribution in [0.25, 0.3) is 22.6 Å². The number of imidazole rings is 1. The minimum atomic E-state index is -4.02. The smallest absolute Gasteiger partial charge is 0.240 e. The number of sulfone groups is 1. The highest BCUT2D eigenvalue weighted by molar-refractivity contribution is 7.92. The van der Waals surface area contributed by atoms with Gasteiger partial charge in [-0.05, 0) is 43.3 Å². The minimum absolute atomic E-state index is 0.104. The molecule has 0 aliphatic carbocycles. The molecular weight excluding hydrogens is 446 g/mol. The van der Waals surface area contributed by atoms with Crippen LogP contribution in [0.4, 0.5) is 5.69 Å². The summed E-state index contributed by atoms with van der Waals surface area (Å²) in [5.74, 6) is -0.975. The van der Waals surface area contributed by atoms with Crippen LogP contribution in [0, 0.1) is 6.92 Å². The number of benzene rings is 3. The molecule has 0 aliphatic heterocycles. The van der Waals surface area contributed by atoms with Crippen molar-refractivity contribution in [1.82, 2.24) is 9.97 Å². The lowest BCUT2D eigenvalue weighted by molar-refractivity contribution is -0.113. The van der Waals surface area contributed by atoms with Crippen LogP contribution in [-0.2, 0) is 14.6 Å².